The summed E-state index contributed by atoms with van der Waals surface area (Å²) >= 11 is 0. The maximum atomic E-state index is 12.4. The largest absolute Gasteiger partial charge is 0.333 e. The van der Waals surface area contributed by atoms with Crippen LogP contribution < -0.4 is 10.2 Å². The molecule has 0 radical (unpaired) electrons. The van der Waals surface area contributed by atoms with Crippen molar-refractivity contribution in [1.82, 2.24) is 15.1 Å². The second-order valence-corrected chi connectivity index (χ2v) is 6.37. The Labute approximate surface area is 145 Å². The zero-order chi connectivity index (χ0) is 17.8. The monoisotopic (exact) mass is 352 g/mol. The Kier molecular flexibility index (Phi) is 5.47. The number of hydrogen-bond donors (Lipinski definition) is 1. The molecule has 1 N–H and O–H groups in total. The van der Waals surface area contributed by atoms with Crippen molar-refractivity contribution >= 4 is 17.6 Å². The summed E-state index contributed by atoms with van der Waals surface area (Å²) in [5, 5.41) is 2.89. The molecule has 0 aliphatic carbocycles. The van der Waals surface area contributed by atoms with Gasteiger partial charge in [0, 0.05) is 44.8 Å². The van der Waals surface area contributed by atoms with E-state index in [0.29, 0.717) is 32.7 Å². The van der Waals surface area contributed by atoms with Gasteiger partial charge in [-0.3, -0.25) is 9.69 Å². The molecule has 1 aromatic carbocycles. The maximum Gasteiger partial charge on any atom is 0.317 e. The summed E-state index contributed by atoms with van der Waals surface area (Å²) in [5.41, 5.74) is 0.824. The molecule has 0 spiro atoms. The van der Waals surface area contributed by atoms with Crippen LogP contribution in [0, 0.1) is 0 Å². The van der Waals surface area contributed by atoms with E-state index in [1.165, 1.54) is 0 Å². The molecule has 2 aliphatic rings. The van der Waals surface area contributed by atoms with Crippen molar-refractivity contribution in [3.8, 4) is 0 Å². The summed E-state index contributed by atoms with van der Waals surface area (Å²) in [6.45, 7) is 1.91. The molecule has 6 nitrogen and oxygen atoms in total. The van der Waals surface area contributed by atoms with Crippen LogP contribution in [0.25, 0.3) is 0 Å². The molecule has 3 rings (SSSR count). The van der Waals surface area contributed by atoms with E-state index in [1.807, 2.05) is 30.3 Å². The lowest BCUT2D eigenvalue weighted by molar-refractivity contribution is -0.117. The van der Waals surface area contributed by atoms with Crippen LogP contribution in [0.5, 0.6) is 0 Å². The molecular formula is C17H22F2N4O2. The van der Waals surface area contributed by atoms with Gasteiger partial charge >= 0.3 is 6.03 Å². The third kappa shape index (κ3) is 4.45. The Bertz CT molecular complexity index is 606. The van der Waals surface area contributed by atoms with E-state index < -0.39 is 6.43 Å². The van der Waals surface area contributed by atoms with Crippen molar-refractivity contribution in [3.05, 3.63) is 30.3 Å². The van der Waals surface area contributed by atoms with Gasteiger partial charge in [0.05, 0.1) is 12.6 Å². The number of nitrogens with one attached hydrogen (secondary N) is 1. The number of hydrogen-bond acceptors (Lipinski definition) is 3. The molecule has 2 heterocycles. The van der Waals surface area contributed by atoms with E-state index in [0.717, 1.165) is 5.69 Å². The van der Waals surface area contributed by atoms with E-state index in [1.54, 1.807) is 14.7 Å². The van der Waals surface area contributed by atoms with Crippen molar-refractivity contribution in [3.63, 3.8) is 0 Å². The number of rotatable bonds is 4. The van der Waals surface area contributed by atoms with Crippen LogP contribution in [0.1, 0.15) is 6.42 Å². The van der Waals surface area contributed by atoms with E-state index in [4.69, 9.17) is 0 Å². The number of amides is 3. The molecule has 1 atom stereocenters. The summed E-state index contributed by atoms with van der Waals surface area (Å²) in [7, 11) is 0. The highest BCUT2D eigenvalue weighted by atomic mass is 19.3. The highest BCUT2D eigenvalue weighted by Crippen LogP contribution is 2.21. The Hall–Kier alpha value is -2.22. The summed E-state index contributed by atoms with van der Waals surface area (Å²) in [4.78, 5) is 29.5. The minimum atomic E-state index is -2.35. The number of nitrogens with zero attached hydrogens (tertiary/aromatic N) is 3. The van der Waals surface area contributed by atoms with Gasteiger partial charge < -0.3 is 15.1 Å². The van der Waals surface area contributed by atoms with Crippen LogP contribution in [0.3, 0.4) is 0 Å². The molecule has 0 aromatic heterocycles. The molecule has 0 bridgehead atoms. The van der Waals surface area contributed by atoms with Gasteiger partial charge in [-0.15, -0.1) is 0 Å². The smallest absolute Gasteiger partial charge is 0.317 e. The first kappa shape index (κ1) is 17.6. The topological polar surface area (TPSA) is 55.9 Å². The second kappa shape index (κ2) is 7.77. The number of halogens is 2. The van der Waals surface area contributed by atoms with Gasteiger partial charge in [0.15, 0.2) is 0 Å². The summed E-state index contributed by atoms with van der Waals surface area (Å²) < 4.78 is 24.8. The number of para-hydroxylation sites is 1. The first-order valence-corrected chi connectivity index (χ1v) is 8.44. The Morgan fingerprint density at radius 1 is 1.16 bits per heavy atom. The zero-order valence-corrected chi connectivity index (χ0v) is 13.9. The van der Waals surface area contributed by atoms with Crippen LogP contribution >= 0.6 is 0 Å². The average molecular weight is 352 g/mol. The predicted molar refractivity (Wildman–Crippen MR) is 89.7 cm³/mol. The number of anilines is 1. The number of carbonyl (C=O) groups excluding carboxylic acids is 2. The minimum absolute atomic E-state index is 0.0155. The standard InChI is InChI=1S/C17H22F2N4O2/c18-15(19)12-21-6-8-22(9-7-21)17(25)20-13-10-16(24)23(11-13)14-4-2-1-3-5-14/h1-5,13,15H,6-12H2,(H,20,25). The van der Waals surface area contributed by atoms with Gasteiger partial charge in [0.2, 0.25) is 5.91 Å². The molecule has 1 unspecified atom stereocenters. The molecule has 25 heavy (non-hydrogen) atoms. The van der Waals surface area contributed by atoms with Crippen molar-refractivity contribution in [1.29, 1.82) is 0 Å². The Morgan fingerprint density at radius 3 is 2.48 bits per heavy atom. The number of benzene rings is 1. The van der Waals surface area contributed by atoms with Crippen molar-refractivity contribution in [2.45, 2.75) is 18.9 Å². The van der Waals surface area contributed by atoms with Crippen LogP contribution in [-0.2, 0) is 4.79 Å². The van der Waals surface area contributed by atoms with Crippen LogP contribution in [-0.4, -0.2) is 73.5 Å². The third-order valence-electron chi connectivity index (χ3n) is 4.58. The van der Waals surface area contributed by atoms with Crippen LogP contribution in [0.2, 0.25) is 0 Å². The molecule has 136 valence electrons. The first-order chi connectivity index (χ1) is 12.0. The molecule has 3 amide bonds. The fourth-order valence-corrected chi connectivity index (χ4v) is 3.26. The van der Waals surface area contributed by atoms with Crippen LogP contribution in [0.4, 0.5) is 19.3 Å². The van der Waals surface area contributed by atoms with Gasteiger partial charge in [0.25, 0.3) is 6.43 Å². The maximum absolute atomic E-state index is 12.4. The first-order valence-electron chi connectivity index (χ1n) is 8.44. The van der Waals surface area contributed by atoms with Crippen LogP contribution in [0.15, 0.2) is 30.3 Å². The minimum Gasteiger partial charge on any atom is -0.333 e. The SMILES string of the molecule is O=C(NC1CC(=O)N(c2ccccc2)C1)N1CCN(CC(F)F)CC1. The van der Waals surface area contributed by atoms with Gasteiger partial charge in [0.1, 0.15) is 0 Å². The lowest BCUT2D eigenvalue weighted by atomic mass is 10.2. The third-order valence-corrected chi connectivity index (χ3v) is 4.58. The second-order valence-electron chi connectivity index (χ2n) is 6.37. The summed E-state index contributed by atoms with van der Waals surface area (Å²) in [6.07, 6.45) is -2.08. The van der Waals surface area contributed by atoms with Gasteiger partial charge in [-0.2, -0.15) is 0 Å². The molecule has 2 fully saturated rings. The molecule has 2 saturated heterocycles. The van der Waals surface area contributed by atoms with E-state index in [9.17, 15) is 18.4 Å². The lowest BCUT2D eigenvalue weighted by Gasteiger charge is -2.35. The zero-order valence-electron chi connectivity index (χ0n) is 13.9. The number of alkyl halides is 2. The fourth-order valence-electron chi connectivity index (χ4n) is 3.26. The highest BCUT2D eigenvalue weighted by Gasteiger charge is 2.33. The highest BCUT2D eigenvalue weighted by molar-refractivity contribution is 5.96. The molecule has 2 aliphatic heterocycles. The van der Waals surface area contributed by atoms with Crippen molar-refractivity contribution < 1.29 is 18.4 Å². The Morgan fingerprint density at radius 2 is 1.84 bits per heavy atom. The van der Waals surface area contributed by atoms with Crippen molar-refractivity contribution in [2.75, 3.05) is 44.2 Å². The predicted octanol–water partition coefficient (Wildman–Crippen LogP) is 1.38. The lowest BCUT2D eigenvalue weighted by Crippen LogP contribution is -2.54. The van der Waals surface area contributed by atoms with Gasteiger partial charge in [-0.1, -0.05) is 18.2 Å². The van der Waals surface area contributed by atoms with E-state index in [2.05, 4.69) is 5.32 Å². The number of piperazine rings is 1. The quantitative estimate of drug-likeness (QED) is 0.891. The molecule has 1 aromatic rings. The summed E-state index contributed by atoms with van der Waals surface area (Å²) in [6, 6.07) is 8.88. The molecule has 0 saturated carbocycles. The van der Waals surface area contributed by atoms with E-state index in [-0.39, 0.29) is 30.9 Å². The summed E-state index contributed by atoms with van der Waals surface area (Å²) in [5.74, 6) is -0.0155. The van der Waals surface area contributed by atoms with Crippen molar-refractivity contribution in [2.24, 2.45) is 0 Å². The molecular weight excluding hydrogens is 330 g/mol. The average Bonchev–Trinajstić information content (AvgIpc) is 2.96. The number of carbonyl (C=O) groups is 2. The fraction of sp³-hybridized carbons (Fsp3) is 0.529. The molecule has 8 heteroatoms. The van der Waals surface area contributed by atoms with Gasteiger partial charge in [-0.05, 0) is 12.1 Å². The normalized spacial score (nSPS) is 21.9. The number of urea groups is 1. The Balaban J connectivity index is 1.49. The van der Waals surface area contributed by atoms with Gasteiger partial charge in [-0.25, -0.2) is 13.6 Å². The van der Waals surface area contributed by atoms with E-state index >= 15 is 0 Å².